The van der Waals surface area contributed by atoms with Crippen LogP contribution in [-0.4, -0.2) is 15.0 Å². The van der Waals surface area contributed by atoms with E-state index in [-0.39, 0.29) is 5.82 Å². The molecule has 7 heteroatoms. The topological polar surface area (TPSA) is 50.7 Å². The van der Waals surface area contributed by atoms with Crippen molar-refractivity contribution in [1.29, 1.82) is 0 Å². The lowest BCUT2D eigenvalue weighted by atomic mass is 10.2. The molecule has 1 N–H and O–H groups in total. The molecular weight excluding hydrogens is 359 g/mol. The Kier molecular flexibility index (Phi) is 4.29. The Morgan fingerprint density at radius 3 is 2.56 bits per heavy atom. The van der Waals surface area contributed by atoms with Gasteiger partial charge in [0.15, 0.2) is 5.82 Å². The fourth-order valence-electron chi connectivity index (χ4n) is 2.44. The summed E-state index contributed by atoms with van der Waals surface area (Å²) in [5.74, 6) is 1.05. The van der Waals surface area contributed by atoms with Gasteiger partial charge < -0.3 is 5.32 Å². The van der Waals surface area contributed by atoms with Crippen molar-refractivity contribution in [3.63, 3.8) is 0 Å². The molecule has 0 spiro atoms. The van der Waals surface area contributed by atoms with Crippen molar-refractivity contribution >= 4 is 39.0 Å². The number of nitrogens with one attached hydrogen (secondary N) is 1. The average Bonchev–Trinajstić information content (AvgIpc) is 3.02. The SMILES string of the molecule is Fc1ccc(CNc2nc(-c3ccncc3)nc3sc(Cl)cc23)cc1. The molecule has 4 aromatic rings. The molecule has 3 aromatic heterocycles. The van der Waals surface area contributed by atoms with Crippen LogP contribution in [0.5, 0.6) is 0 Å². The van der Waals surface area contributed by atoms with Crippen molar-refractivity contribution < 1.29 is 4.39 Å². The monoisotopic (exact) mass is 370 g/mol. The Balaban J connectivity index is 1.72. The predicted molar refractivity (Wildman–Crippen MR) is 99.4 cm³/mol. The second kappa shape index (κ2) is 6.74. The van der Waals surface area contributed by atoms with Crippen molar-refractivity contribution in [2.75, 3.05) is 5.32 Å². The number of hydrogen-bond acceptors (Lipinski definition) is 5. The molecule has 0 radical (unpaired) electrons. The molecule has 0 aliphatic heterocycles. The Bertz CT molecular complexity index is 1020. The molecule has 0 fully saturated rings. The maximum atomic E-state index is 13.0. The van der Waals surface area contributed by atoms with E-state index in [9.17, 15) is 4.39 Å². The first kappa shape index (κ1) is 15.9. The zero-order valence-electron chi connectivity index (χ0n) is 12.9. The van der Waals surface area contributed by atoms with E-state index in [1.165, 1.54) is 23.5 Å². The van der Waals surface area contributed by atoms with Crippen molar-refractivity contribution in [2.45, 2.75) is 6.54 Å². The lowest BCUT2D eigenvalue weighted by Gasteiger charge is -2.09. The first-order chi connectivity index (χ1) is 12.2. The second-order valence-corrected chi connectivity index (χ2v) is 7.04. The first-order valence-corrected chi connectivity index (χ1v) is 8.74. The van der Waals surface area contributed by atoms with E-state index in [0.717, 1.165) is 21.3 Å². The number of hydrogen-bond donors (Lipinski definition) is 1. The van der Waals surface area contributed by atoms with E-state index in [1.807, 2.05) is 18.2 Å². The highest BCUT2D eigenvalue weighted by molar-refractivity contribution is 7.22. The minimum atomic E-state index is -0.252. The Labute approximate surface area is 152 Å². The van der Waals surface area contributed by atoms with Crippen LogP contribution in [0.3, 0.4) is 0 Å². The summed E-state index contributed by atoms with van der Waals surface area (Å²) in [5, 5.41) is 4.18. The van der Waals surface area contributed by atoms with Gasteiger partial charge in [-0.2, -0.15) is 0 Å². The maximum Gasteiger partial charge on any atom is 0.163 e. The molecule has 4 nitrogen and oxygen atoms in total. The van der Waals surface area contributed by atoms with Gasteiger partial charge in [-0.1, -0.05) is 23.7 Å². The minimum absolute atomic E-state index is 0.252. The Morgan fingerprint density at radius 2 is 1.80 bits per heavy atom. The third-order valence-corrected chi connectivity index (χ3v) is 4.83. The summed E-state index contributed by atoms with van der Waals surface area (Å²) in [6.07, 6.45) is 3.41. The quantitative estimate of drug-likeness (QED) is 0.539. The molecule has 124 valence electrons. The number of fused-ring (bicyclic) bond motifs is 1. The zero-order chi connectivity index (χ0) is 17.2. The van der Waals surface area contributed by atoms with Crippen molar-refractivity contribution in [3.05, 3.63) is 70.6 Å². The van der Waals surface area contributed by atoms with Gasteiger partial charge in [0.1, 0.15) is 16.5 Å². The number of rotatable bonds is 4. The Hall–Kier alpha value is -2.57. The zero-order valence-corrected chi connectivity index (χ0v) is 14.5. The van der Waals surface area contributed by atoms with Crippen LogP contribution in [0.2, 0.25) is 4.34 Å². The normalized spacial score (nSPS) is 11.0. The van der Waals surface area contributed by atoms with Gasteiger partial charge in [-0.3, -0.25) is 4.98 Å². The summed E-state index contributed by atoms with van der Waals surface area (Å²) in [6.45, 7) is 0.523. The molecule has 0 saturated heterocycles. The molecule has 0 aliphatic carbocycles. The van der Waals surface area contributed by atoms with Crippen LogP contribution in [0.1, 0.15) is 5.56 Å². The van der Waals surface area contributed by atoms with Crippen molar-refractivity contribution in [3.8, 4) is 11.4 Å². The van der Waals surface area contributed by atoms with Gasteiger partial charge in [0.2, 0.25) is 0 Å². The van der Waals surface area contributed by atoms with Gasteiger partial charge in [0.05, 0.1) is 9.72 Å². The van der Waals surface area contributed by atoms with Gasteiger partial charge in [-0.25, -0.2) is 14.4 Å². The van der Waals surface area contributed by atoms with E-state index in [1.54, 1.807) is 24.5 Å². The number of benzene rings is 1. The highest BCUT2D eigenvalue weighted by Gasteiger charge is 2.12. The molecule has 0 bridgehead atoms. The molecule has 1 aromatic carbocycles. The van der Waals surface area contributed by atoms with E-state index in [2.05, 4.69) is 20.3 Å². The number of pyridine rings is 1. The number of thiophene rings is 1. The van der Waals surface area contributed by atoms with Crippen LogP contribution in [0.15, 0.2) is 54.9 Å². The highest BCUT2D eigenvalue weighted by atomic mass is 35.5. The number of halogens is 2. The number of nitrogens with zero attached hydrogens (tertiary/aromatic N) is 3. The van der Waals surface area contributed by atoms with Gasteiger partial charge in [0, 0.05) is 24.5 Å². The molecule has 0 unspecified atom stereocenters. The highest BCUT2D eigenvalue weighted by Crippen LogP contribution is 2.33. The summed E-state index contributed by atoms with van der Waals surface area (Å²) in [5.41, 5.74) is 1.84. The molecular formula is C18H12ClFN4S. The molecule has 0 atom stereocenters. The maximum absolute atomic E-state index is 13.0. The fourth-order valence-corrected chi connectivity index (χ4v) is 3.53. The third-order valence-electron chi connectivity index (χ3n) is 3.67. The Morgan fingerprint density at radius 1 is 1.04 bits per heavy atom. The van der Waals surface area contributed by atoms with Crippen LogP contribution >= 0.6 is 22.9 Å². The first-order valence-electron chi connectivity index (χ1n) is 7.55. The third kappa shape index (κ3) is 3.45. The summed E-state index contributed by atoms with van der Waals surface area (Å²) >= 11 is 7.57. The van der Waals surface area contributed by atoms with Crippen LogP contribution in [0.25, 0.3) is 21.6 Å². The van der Waals surface area contributed by atoms with Crippen LogP contribution < -0.4 is 5.32 Å². The molecule has 0 aliphatic rings. The predicted octanol–water partition coefficient (Wildman–Crippen LogP) is 5.16. The summed E-state index contributed by atoms with van der Waals surface area (Å²) in [4.78, 5) is 14.1. The molecule has 4 rings (SSSR count). The number of aromatic nitrogens is 3. The van der Waals surface area contributed by atoms with Crippen LogP contribution in [0.4, 0.5) is 10.2 Å². The summed E-state index contributed by atoms with van der Waals surface area (Å²) < 4.78 is 13.7. The lowest BCUT2D eigenvalue weighted by Crippen LogP contribution is -2.03. The summed E-state index contributed by atoms with van der Waals surface area (Å²) in [7, 11) is 0. The summed E-state index contributed by atoms with van der Waals surface area (Å²) in [6, 6.07) is 11.9. The van der Waals surface area contributed by atoms with E-state index < -0.39 is 0 Å². The van der Waals surface area contributed by atoms with Crippen LogP contribution in [-0.2, 0) is 6.54 Å². The molecule has 0 saturated carbocycles. The smallest absolute Gasteiger partial charge is 0.163 e. The lowest BCUT2D eigenvalue weighted by molar-refractivity contribution is 0.627. The molecule has 0 amide bonds. The van der Waals surface area contributed by atoms with Gasteiger partial charge >= 0.3 is 0 Å². The largest absolute Gasteiger partial charge is 0.365 e. The fraction of sp³-hybridized carbons (Fsp3) is 0.0556. The average molecular weight is 371 g/mol. The van der Waals surface area contributed by atoms with Gasteiger partial charge in [-0.15, -0.1) is 11.3 Å². The molecule has 3 heterocycles. The van der Waals surface area contributed by atoms with E-state index in [4.69, 9.17) is 11.6 Å². The van der Waals surface area contributed by atoms with E-state index >= 15 is 0 Å². The van der Waals surface area contributed by atoms with Gasteiger partial charge in [0.25, 0.3) is 0 Å². The van der Waals surface area contributed by atoms with Crippen molar-refractivity contribution in [1.82, 2.24) is 15.0 Å². The van der Waals surface area contributed by atoms with E-state index in [0.29, 0.717) is 22.5 Å². The minimum Gasteiger partial charge on any atom is -0.365 e. The second-order valence-electron chi connectivity index (χ2n) is 5.38. The standard InChI is InChI=1S/C18H12ClFN4S/c19-15-9-14-17(22-10-11-1-3-13(20)4-2-11)23-16(24-18(14)25-15)12-5-7-21-8-6-12/h1-9H,10H2,(H,22,23,24). The molecule has 25 heavy (non-hydrogen) atoms. The van der Waals surface area contributed by atoms with Crippen molar-refractivity contribution in [2.24, 2.45) is 0 Å². The van der Waals surface area contributed by atoms with Gasteiger partial charge in [-0.05, 0) is 35.9 Å². The number of anilines is 1. The van der Waals surface area contributed by atoms with Crippen LogP contribution in [0, 0.1) is 5.82 Å².